The Hall–Kier alpha value is -1.47. The van der Waals surface area contributed by atoms with E-state index in [1.165, 1.54) is 0 Å². The summed E-state index contributed by atoms with van der Waals surface area (Å²) in [5.41, 5.74) is 4.77. The smallest absolute Gasteiger partial charge is 0.194 e. The topological polar surface area (TPSA) is 26.0 Å². The summed E-state index contributed by atoms with van der Waals surface area (Å²) in [6.45, 7) is 0. The van der Waals surface area contributed by atoms with Crippen LogP contribution in [-0.2, 0) is 0 Å². The molecule has 0 aliphatic heterocycles. The van der Waals surface area contributed by atoms with E-state index < -0.39 is 40.7 Å². The van der Waals surface area contributed by atoms with Crippen LogP contribution in [0.15, 0.2) is 28.7 Å². The van der Waals surface area contributed by atoms with E-state index in [0.29, 0.717) is 6.07 Å². The minimum absolute atomic E-state index is 0.128. The minimum atomic E-state index is -1.71. The van der Waals surface area contributed by atoms with E-state index in [0.717, 1.165) is 18.2 Å². The van der Waals surface area contributed by atoms with Crippen LogP contribution in [0.4, 0.5) is 22.0 Å². The van der Waals surface area contributed by atoms with Gasteiger partial charge in [0.1, 0.15) is 11.6 Å². The summed E-state index contributed by atoms with van der Waals surface area (Å²) in [5.74, 6) is -6.33. The Kier molecular flexibility index (Phi) is 4.10. The maximum absolute atomic E-state index is 13.7. The molecule has 1 unspecified atom stereocenters. The van der Waals surface area contributed by atoms with Crippen LogP contribution in [0.25, 0.3) is 0 Å². The number of hydrogen-bond acceptors (Lipinski definition) is 1. The van der Waals surface area contributed by atoms with E-state index in [9.17, 15) is 22.0 Å². The van der Waals surface area contributed by atoms with Crippen molar-refractivity contribution in [1.82, 2.24) is 0 Å². The van der Waals surface area contributed by atoms with Gasteiger partial charge in [-0.05, 0) is 34.1 Å². The molecule has 0 spiro atoms. The molecule has 0 aliphatic rings. The maximum Gasteiger partial charge on any atom is 0.194 e. The molecule has 0 aliphatic carbocycles. The molecule has 0 saturated carbocycles. The monoisotopic (exact) mass is 351 g/mol. The van der Waals surface area contributed by atoms with Gasteiger partial charge in [0.25, 0.3) is 0 Å². The van der Waals surface area contributed by atoms with Gasteiger partial charge in [-0.1, -0.05) is 6.07 Å². The highest BCUT2D eigenvalue weighted by Crippen LogP contribution is 2.29. The van der Waals surface area contributed by atoms with Crippen LogP contribution in [0.1, 0.15) is 17.2 Å². The standard InChI is InChI=1S/C13H7BrF5N/c14-7-4-9(16)6(3-10(7)17)13(20)5-1-2-8(15)12(19)11(5)18/h1-4,13H,20H2. The fourth-order valence-corrected chi connectivity index (χ4v) is 2.04. The van der Waals surface area contributed by atoms with Crippen LogP contribution in [0.5, 0.6) is 0 Å². The van der Waals surface area contributed by atoms with Crippen molar-refractivity contribution in [3.05, 3.63) is 69.0 Å². The van der Waals surface area contributed by atoms with Crippen molar-refractivity contribution in [1.29, 1.82) is 0 Å². The molecule has 0 bridgehead atoms. The van der Waals surface area contributed by atoms with E-state index in [1.807, 2.05) is 0 Å². The van der Waals surface area contributed by atoms with Crippen LogP contribution >= 0.6 is 15.9 Å². The number of hydrogen-bond donors (Lipinski definition) is 1. The van der Waals surface area contributed by atoms with Gasteiger partial charge in [0.15, 0.2) is 17.5 Å². The van der Waals surface area contributed by atoms with Gasteiger partial charge in [0, 0.05) is 11.1 Å². The lowest BCUT2D eigenvalue weighted by Crippen LogP contribution is -2.17. The maximum atomic E-state index is 13.7. The SMILES string of the molecule is NC(c1cc(F)c(Br)cc1F)c1ccc(F)c(F)c1F. The van der Waals surface area contributed by atoms with Crippen molar-refractivity contribution in [3.8, 4) is 0 Å². The summed E-state index contributed by atoms with van der Waals surface area (Å²) in [4.78, 5) is 0. The summed E-state index contributed by atoms with van der Waals surface area (Å²) in [6.07, 6.45) is 0. The molecule has 1 atom stereocenters. The third-order valence-corrected chi connectivity index (χ3v) is 3.38. The summed E-state index contributed by atoms with van der Waals surface area (Å²) in [7, 11) is 0. The fourth-order valence-electron chi connectivity index (χ4n) is 1.72. The second-order valence-corrected chi connectivity index (χ2v) is 4.88. The lowest BCUT2D eigenvalue weighted by Gasteiger charge is -2.15. The van der Waals surface area contributed by atoms with Crippen molar-refractivity contribution in [3.63, 3.8) is 0 Å². The van der Waals surface area contributed by atoms with E-state index in [4.69, 9.17) is 5.73 Å². The van der Waals surface area contributed by atoms with Gasteiger partial charge in [-0.3, -0.25) is 0 Å². The molecule has 2 aromatic carbocycles. The van der Waals surface area contributed by atoms with E-state index in [1.54, 1.807) is 0 Å². The zero-order chi connectivity index (χ0) is 15.0. The highest BCUT2D eigenvalue weighted by molar-refractivity contribution is 9.10. The molecule has 0 fully saturated rings. The molecular weight excluding hydrogens is 345 g/mol. The minimum Gasteiger partial charge on any atom is -0.320 e. The first-order valence-electron chi connectivity index (χ1n) is 5.36. The van der Waals surface area contributed by atoms with Crippen molar-refractivity contribution in [2.24, 2.45) is 5.73 Å². The summed E-state index contributed by atoms with van der Waals surface area (Å²) < 4.78 is 66.5. The lowest BCUT2D eigenvalue weighted by molar-refractivity contribution is 0.437. The molecule has 2 aromatic rings. The van der Waals surface area contributed by atoms with Gasteiger partial charge < -0.3 is 5.73 Å². The van der Waals surface area contributed by atoms with Crippen LogP contribution in [0.2, 0.25) is 0 Å². The van der Waals surface area contributed by atoms with Crippen molar-refractivity contribution in [2.75, 3.05) is 0 Å². The number of benzene rings is 2. The zero-order valence-corrected chi connectivity index (χ0v) is 11.3. The Morgan fingerprint density at radius 2 is 1.45 bits per heavy atom. The van der Waals surface area contributed by atoms with Gasteiger partial charge >= 0.3 is 0 Å². The Balaban J connectivity index is 2.55. The first-order valence-corrected chi connectivity index (χ1v) is 6.15. The molecule has 1 nitrogen and oxygen atoms in total. The Morgan fingerprint density at radius 1 is 0.800 bits per heavy atom. The zero-order valence-electron chi connectivity index (χ0n) is 9.73. The predicted octanol–water partition coefficient (Wildman–Crippen LogP) is 4.19. The molecule has 0 amide bonds. The predicted molar refractivity (Wildman–Crippen MR) is 66.4 cm³/mol. The van der Waals surface area contributed by atoms with E-state index in [2.05, 4.69) is 15.9 Å². The molecule has 2 N–H and O–H groups in total. The Bertz CT molecular complexity index is 672. The van der Waals surface area contributed by atoms with Gasteiger partial charge in [0.05, 0.1) is 10.5 Å². The molecule has 20 heavy (non-hydrogen) atoms. The first kappa shape index (κ1) is 14.9. The second kappa shape index (κ2) is 5.49. The van der Waals surface area contributed by atoms with Crippen LogP contribution in [0.3, 0.4) is 0 Å². The fraction of sp³-hybridized carbons (Fsp3) is 0.0769. The molecule has 2 rings (SSSR count). The van der Waals surface area contributed by atoms with Crippen LogP contribution in [0, 0.1) is 29.1 Å². The molecule has 0 saturated heterocycles. The average Bonchev–Trinajstić information content (AvgIpc) is 2.40. The molecule has 0 radical (unpaired) electrons. The molecule has 7 heteroatoms. The lowest BCUT2D eigenvalue weighted by atomic mass is 9.98. The summed E-state index contributed by atoms with van der Waals surface area (Å²) in [6, 6.07) is 1.68. The molecular formula is C13H7BrF5N. The molecule has 0 aromatic heterocycles. The van der Waals surface area contributed by atoms with Gasteiger partial charge in [-0.15, -0.1) is 0 Å². The van der Waals surface area contributed by atoms with E-state index >= 15 is 0 Å². The van der Waals surface area contributed by atoms with Gasteiger partial charge in [0.2, 0.25) is 0 Å². The summed E-state index contributed by atoms with van der Waals surface area (Å²) in [5, 5.41) is 0. The highest BCUT2D eigenvalue weighted by atomic mass is 79.9. The van der Waals surface area contributed by atoms with Crippen molar-refractivity contribution >= 4 is 15.9 Å². The average molecular weight is 352 g/mol. The Morgan fingerprint density at radius 3 is 2.10 bits per heavy atom. The van der Waals surface area contributed by atoms with Crippen LogP contribution in [-0.4, -0.2) is 0 Å². The highest BCUT2D eigenvalue weighted by Gasteiger charge is 2.22. The first-order chi connectivity index (χ1) is 9.32. The van der Waals surface area contributed by atoms with Crippen molar-refractivity contribution < 1.29 is 22.0 Å². The summed E-state index contributed by atoms with van der Waals surface area (Å²) >= 11 is 2.78. The number of halogens is 6. The van der Waals surface area contributed by atoms with Crippen molar-refractivity contribution in [2.45, 2.75) is 6.04 Å². The van der Waals surface area contributed by atoms with Gasteiger partial charge in [-0.2, -0.15) is 0 Å². The molecule has 106 valence electrons. The Labute approximate surface area is 119 Å². The third kappa shape index (κ3) is 2.55. The quantitative estimate of drug-likeness (QED) is 0.490. The van der Waals surface area contributed by atoms with Gasteiger partial charge in [-0.25, -0.2) is 22.0 Å². The van der Waals surface area contributed by atoms with Crippen LogP contribution < -0.4 is 5.73 Å². The normalized spacial score (nSPS) is 12.6. The third-order valence-electron chi connectivity index (χ3n) is 2.77. The number of nitrogens with two attached hydrogens (primary N) is 1. The number of rotatable bonds is 2. The van der Waals surface area contributed by atoms with E-state index in [-0.39, 0.29) is 10.0 Å². The molecule has 0 heterocycles. The second-order valence-electron chi connectivity index (χ2n) is 4.03. The largest absolute Gasteiger partial charge is 0.320 e.